The van der Waals surface area contributed by atoms with Crippen LogP contribution in [0.15, 0.2) is 59.8 Å². The predicted octanol–water partition coefficient (Wildman–Crippen LogP) is 4.79. The van der Waals surface area contributed by atoms with Gasteiger partial charge in [0.1, 0.15) is 11.6 Å². The Morgan fingerprint density at radius 1 is 1.10 bits per heavy atom. The number of aryl methyl sites for hydroxylation is 2. The zero-order valence-electron chi connectivity index (χ0n) is 16.7. The van der Waals surface area contributed by atoms with Crippen LogP contribution in [0.2, 0.25) is 0 Å². The van der Waals surface area contributed by atoms with E-state index in [9.17, 15) is 9.18 Å². The molecule has 0 saturated heterocycles. The van der Waals surface area contributed by atoms with Crippen molar-refractivity contribution in [1.82, 2.24) is 20.3 Å². The molecule has 0 bridgehead atoms. The minimum absolute atomic E-state index is 0.0989. The molecule has 7 heteroatoms. The summed E-state index contributed by atoms with van der Waals surface area (Å²) in [6, 6.07) is 14.1. The third-order valence-corrected chi connectivity index (χ3v) is 5.81. The zero-order chi connectivity index (χ0) is 21.1. The second-order valence-electron chi connectivity index (χ2n) is 7.12. The number of imidazole rings is 1. The standard InChI is InChI=1S/C23H21FN4OS/c1-14-9-19-20(10-15(14)2)28-23(27-19)17-5-8-22(26-12-17)30-13-21(29)25-11-16-3-6-18(24)7-4-16/h3-10,12H,11,13H2,1-2H3,(H,25,29)(H,27,28). The number of aromatic amines is 1. The third-order valence-electron chi connectivity index (χ3n) is 4.86. The van der Waals surface area contributed by atoms with Crippen molar-refractivity contribution in [3.8, 4) is 11.4 Å². The number of benzene rings is 2. The Morgan fingerprint density at radius 2 is 1.87 bits per heavy atom. The number of hydrogen-bond acceptors (Lipinski definition) is 4. The molecule has 4 rings (SSSR count). The van der Waals surface area contributed by atoms with Crippen LogP contribution in [0.4, 0.5) is 4.39 Å². The number of nitrogens with one attached hydrogen (secondary N) is 2. The maximum atomic E-state index is 12.9. The maximum Gasteiger partial charge on any atom is 0.230 e. The van der Waals surface area contributed by atoms with Gasteiger partial charge in [-0.25, -0.2) is 14.4 Å². The van der Waals surface area contributed by atoms with Gasteiger partial charge >= 0.3 is 0 Å². The average molecular weight is 421 g/mol. The monoisotopic (exact) mass is 420 g/mol. The van der Waals surface area contributed by atoms with Gasteiger partial charge in [0.05, 0.1) is 21.8 Å². The summed E-state index contributed by atoms with van der Waals surface area (Å²) in [6.45, 7) is 4.53. The van der Waals surface area contributed by atoms with Gasteiger partial charge in [0.15, 0.2) is 0 Å². The Bertz CT molecular complexity index is 1150. The molecule has 0 unspecified atom stereocenters. The summed E-state index contributed by atoms with van der Waals surface area (Å²) in [6.07, 6.45) is 1.76. The van der Waals surface area contributed by atoms with Gasteiger partial charge in [-0.2, -0.15) is 0 Å². The van der Waals surface area contributed by atoms with E-state index in [-0.39, 0.29) is 17.5 Å². The van der Waals surface area contributed by atoms with Crippen LogP contribution in [0.3, 0.4) is 0 Å². The summed E-state index contributed by atoms with van der Waals surface area (Å²) in [5.41, 5.74) is 6.12. The van der Waals surface area contributed by atoms with Crippen LogP contribution in [-0.2, 0) is 11.3 Å². The first-order valence-corrected chi connectivity index (χ1v) is 10.5. The van der Waals surface area contributed by atoms with E-state index in [2.05, 4.69) is 46.2 Å². The van der Waals surface area contributed by atoms with Crippen LogP contribution >= 0.6 is 11.8 Å². The van der Waals surface area contributed by atoms with E-state index in [0.29, 0.717) is 6.54 Å². The van der Waals surface area contributed by atoms with E-state index < -0.39 is 0 Å². The molecule has 2 heterocycles. The molecule has 5 nitrogen and oxygen atoms in total. The molecule has 0 radical (unpaired) electrons. The molecule has 2 aromatic heterocycles. The fraction of sp³-hybridized carbons (Fsp3) is 0.174. The highest BCUT2D eigenvalue weighted by molar-refractivity contribution is 7.99. The molecule has 152 valence electrons. The topological polar surface area (TPSA) is 70.7 Å². The number of amides is 1. The lowest BCUT2D eigenvalue weighted by Gasteiger charge is -2.05. The molecule has 0 aliphatic rings. The smallest absolute Gasteiger partial charge is 0.230 e. The van der Waals surface area contributed by atoms with Gasteiger partial charge in [-0.15, -0.1) is 0 Å². The van der Waals surface area contributed by atoms with Crippen LogP contribution < -0.4 is 5.32 Å². The lowest BCUT2D eigenvalue weighted by molar-refractivity contribution is -0.118. The first kappa shape index (κ1) is 20.1. The molecule has 0 saturated carbocycles. The number of pyridine rings is 1. The molecule has 0 spiro atoms. The molecular formula is C23H21FN4OS. The number of fused-ring (bicyclic) bond motifs is 1. The van der Waals surface area contributed by atoms with Crippen molar-refractivity contribution in [2.45, 2.75) is 25.4 Å². The van der Waals surface area contributed by atoms with Crippen LogP contribution in [0.25, 0.3) is 22.4 Å². The molecule has 0 fully saturated rings. The molecule has 0 aliphatic carbocycles. The molecular weight excluding hydrogens is 399 g/mol. The van der Waals surface area contributed by atoms with Gasteiger partial charge in [-0.1, -0.05) is 23.9 Å². The number of aromatic nitrogens is 3. The molecule has 0 aliphatic heterocycles. The highest BCUT2D eigenvalue weighted by Gasteiger charge is 2.09. The summed E-state index contributed by atoms with van der Waals surface area (Å²) in [7, 11) is 0. The quantitative estimate of drug-likeness (QED) is 0.440. The molecule has 0 atom stereocenters. The number of rotatable bonds is 6. The molecule has 30 heavy (non-hydrogen) atoms. The van der Waals surface area contributed by atoms with Crippen molar-refractivity contribution in [2.24, 2.45) is 0 Å². The van der Waals surface area contributed by atoms with E-state index >= 15 is 0 Å². The van der Waals surface area contributed by atoms with Crippen LogP contribution in [0.1, 0.15) is 16.7 Å². The summed E-state index contributed by atoms with van der Waals surface area (Å²) < 4.78 is 12.9. The minimum atomic E-state index is -0.289. The number of H-pyrrole nitrogens is 1. The molecule has 1 amide bonds. The van der Waals surface area contributed by atoms with E-state index in [4.69, 9.17) is 0 Å². The predicted molar refractivity (Wildman–Crippen MR) is 118 cm³/mol. The van der Waals surface area contributed by atoms with Gasteiger partial charge in [-0.3, -0.25) is 4.79 Å². The van der Waals surface area contributed by atoms with Gasteiger partial charge < -0.3 is 10.3 Å². The Morgan fingerprint density at radius 3 is 2.60 bits per heavy atom. The third kappa shape index (κ3) is 4.68. The second kappa shape index (κ2) is 8.67. The van der Waals surface area contributed by atoms with Crippen molar-refractivity contribution in [3.63, 3.8) is 0 Å². The van der Waals surface area contributed by atoms with Gasteiger partial charge in [0.25, 0.3) is 0 Å². The van der Waals surface area contributed by atoms with Gasteiger partial charge in [0, 0.05) is 18.3 Å². The highest BCUT2D eigenvalue weighted by atomic mass is 32.2. The van der Waals surface area contributed by atoms with Crippen molar-refractivity contribution in [3.05, 3.63) is 77.2 Å². The van der Waals surface area contributed by atoms with Gasteiger partial charge in [-0.05, 0) is 66.9 Å². The number of nitrogens with zero attached hydrogens (tertiary/aromatic N) is 2. The SMILES string of the molecule is Cc1cc2nc(-c3ccc(SCC(=O)NCc4ccc(F)cc4)nc3)[nH]c2cc1C. The van der Waals surface area contributed by atoms with Crippen molar-refractivity contribution < 1.29 is 9.18 Å². The van der Waals surface area contributed by atoms with Crippen LogP contribution in [0, 0.1) is 19.7 Å². The summed E-state index contributed by atoms with van der Waals surface area (Å²) >= 11 is 1.37. The van der Waals surface area contributed by atoms with E-state index in [1.807, 2.05) is 12.1 Å². The zero-order valence-corrected chi connectivity index (χ0v) is 17.5. The normalized spacial score (nSPS) is 11.0. The van der Waals surface area contributed by atoms with Crippen molar-refractivity contribution in [2.75, 3.05) is 5.75 Å². The largest absolute Gasteiger partial charge is 0.351 e. The second-order valence-corrected chi connectivity index (χ2v) is 8.11. The lowest BCUT2D eigenvalue weighted by Crippen LogP contribution is -2.24. The first-order chi connectivity index (χ1) is 14.5. The summed E-state index contributed by atoms with van der Waals surface area (Å²) in [5.74, 6) is 0.647. The maximum absolute atomic E-state index is 12.9. The Labute approximate surface area is 178 Å². The van der Waals surface area contributed by atoms with E-state index in [0.717, 1.165) is 33.0 Å². The fourth-order valence-corrected chi connectivity index (χ4v) is 3.68. The minimum Gasteiger partial charge on any atom is -0.351 e. The molecule has 4 aromatic rings. The Kier molecular flexibility index (Phi) is 5.81. The average Bonchev–Trinajstić information content (AvgIpc) is 3.15. The van der Waals surface area contributed by atoms with E-state index in [1.54, 1.807) is 18.3 Å². The van der Waals surface area contributed by atoms with Gasteiger partial charge in [0.2, 0.25) is 5.91 Å². The van der Waals surface area contributed by atoms with Crippen molar-refractivity contribution in [1.29, 1.82) is 0 Å². The molecule has 2 N–H and O–H groups in total. The fourth-order valence-electron chi connectivity index (χ4n) is 3.01. The first-order valence-electron chi connectivity index (χ1n) is 9.55. The lowest BCUT2D eigenvalue weighted by atomic mass is 10.1. The molecule has 2 aromatic carbocycles. The van der Waals surface area contributed by atoms with Crippen molar-refractivity contribution >= 4 is 28.7 Å². The number of carbonyl (C=O) groups excluding carboxylic acids is 1. The Hall–Kier alpha value is -3.19. The van der Waals surface area contributed by atoms with Crippen LogP contribution in [-0.4, -0.2) is 26.6 Å². The number of carbonyl (C=O) groups is 1. The van der Waals surface area contributed by atoms with E-state index in [1.165, 1.54) is 35.0 Å². The summed E-state index contributed by atoms with van der Waals surface area (Å²) in [4.78, 5) is 24.5. The van der Waals surface area contributed by atoms with Crippen LogP contribution in [0.5, 0.6) is 0 Å². The number of hydrogen-bond donors (Lipinski definition) is 2. The highest BCUT2D eigenvalue weighted by Crippen LogP contribution is 2.24. The Balaban J connectivity index is 1.34. The number of halogens is 1. The number of thioether (sulfide) groups is 1. The summed E-state index contributed by atoms with van der Waals surface area (Å²) in [5, 5.41) is 3.59.